The van der Waals surface area contributed by atoms with Crippen molar-refractivity contribution in [2.24, 2.45) is 4.99 Å². The molecule has 33 heavy (non-hydrogen) atoms. The number of alkyl halides is 3. The van der Waals surface area contributed by atoms with E-state index in [-0.39, 0.29) is 17.0 Å². The van der Waals surface area contributed by atoms with E-state index in [4.69, 9.17) is 0 Å². The van der Waals surface area contributed by atoms with Gasteiger partial charge >= 0.3 is 6.18 Å². The van der Waals surface area contributed by atoms with Gasteiger partial charge in [0.25, 0.3) is 0 Å². The van der Waals surface area contributed by atoms with Crippen molar-refractivity contribution in [1.82, 2.24) is 9.88 Å². The second kappa shape index (κ2) is 10.7. The van der Waals surface area contributed by atoms with E-state index in [1.807, 2.05) is 0 Å². The Morgan fingerprint density at radius 2 is 1.88 bits per heavy atom. The standard InChI is InChI=1S/C24H28F4N4O/c1-3-32(4-2)11-5-10-29-21-9-7-18(12-16(21)14-24(26,27)28)30-15-20-19-13-17(25)6-8-22(19)31-23(20)33/h6-9,12-13,15,29,31,33H,3-5,10-11,14H2,1-2H3. The Morgan fingerprint density at radius 1 is 1.12 bits per heavy atom. The molecule has 3 N–H and O–H groups in total. The Labute approximate surface area is 190 Å². The number of aromatic nitrogens is 1. The highest BCUT2D eigenvalue weighted by atomic mass is 19.4. The van der Waals surface area contributed by atoms with Crippen molar-refractivity contribution < 1.29 is 22.7 Å². The highest BCUT2D eigenvalue weighted by molar-refractivity contribution is 6.02. The molecule has 3 aromatic rings. The molecular weight excluding hydrogens is 436 g/mol. The topological polar surface area (TPSA) is 63.6 Å². The molecule has 0 radical (unpaired) electrons. The van der Waals surface area contributed by atoms with Gasteiger partial charge in [0.05, 0.1) is 17.7 Å². The van der Waals surface area contributed by atoms with Crippen LogP contribution in [0.15, 0.2) is 41.4 Å². The van der Waals surface area contributed by atoms with Crippen molar-refractivity contribution in [3.63, 3.8) is 0 Å². The number of benzene rings is 2. The average Bonchev–Trinajstić information content (AvgIpc) is 3.06. The van der Waals surface area contributed by atoms with Gasteiger partial charge in [0.1, 0.15) is 5.82 Å². The number of hydrogen-bond donors (Lipinski definition) is 3. The second-order valence-corrected chi connectivity index (χ2v) is 7.78. The fourth-order valence-electron chi connectivity index (χ4n) is 3.70. The number of H-pyrrole nitrogens is 1. The van der Waals surface area contributed by atoms with E-state index in [1.54, 1.807) is 12.1 Å². The van der Waals surface area contributed by atoms with E-state index in [9.17, 15) is 22.7 Å². The molecule has 0 saturated heterocycles. The van der Waals surface area contributed by atoms with E-state index in [1.165, 1.54) is 30.5 Å². The third kappa shape index (κ3) is 6.71. The third-order valence-corrected chi connectivity index (χ3v) is 5.46. The van der Waals surface area contributed by atoms with Crippen molar-refractivity contribution in [3.05, 3.63) is 53.3 Å². The molecule has 0 aliphatic carbocycles. The van der Waals surface area contributed by atoms with Crippen LogP contribution in [-0.2, 0) is 6.42 Å². The first-order valence-electron chi connectivity index (χ1n) is 10.9. The van der Waals surface area contributed by atoms with Gasteiger partial charge < -0.3 is 20.3 Å². The minimum atomic E-state index is -4.37. The van der Waals surface area contributed by atoms with Crippen molar-refractivity contribution >= 4 is 28.5 Å². The zero-order chi connectivity index (χ0) is 24.0. The van der Waals surface area contributed by atoms with Gasteiger partial charge in [-0.15, -0.1) is 0 Å². The predicted octanol–water partition coefficient (Wildman–Crippen LogP) is 6.01. The van der Waals surface area contributed by atoms with Gasteiger partial charge in [0.2, 0.25) is 0 Å². The Bertz CT molecular complexity index is 1100. The molecule has 3 rings (SSSR count). The van der Waals surface area contributed by atoms with Gasteiger partial charge in [-0.05, 0) is 68.0 Å². The summed E-state index contributed by atoms with van der Waals surface area (Å²) in [5.41, 5.74) is 1.60. The lowest BCUT2D eigenvalue weighted by Crippen LogP contribution is -2.25. The summed E-state index contributed by atoms with van der Waals surface area (Å²) in [4.78, 5) is 9.21. The number of anilines is 1. The van der Waals surface area contributed by atoms with Crippen LogP contribution in [0.4, 0.5) is 28.9 Å². The molecule has 0 aliphatic heterocycles. The van der Waals surface area contributed by atoms with Gasteiger partial charge in [-0.3, -0.25) is 4.99 Å². The number of fused-ring (bicyclic) bond motifs is 1. The largest absolute Gasteiger partial charge is 0.494 e. The highest BCUT2D eigenvalue weighted by Crippen LogP contribution is 2.31. The van der Waals surface area contributed by atoms with E-state index in [0.29, 0.717) is 28.8 Å². The van der Waals surface area contributed by atoms with Crippen LogP contribution in [-0.4, -0.2) is 53.6 Å². The van der Waals surface area contributed by atoms with Crippen LogP contribution < -0.4 is 5.32 Å². The zero-order valence-corrected chi connectivity index (χ0v) is 18.6. The van der Waals surface area contributed by atoms with Gasteiger partial charge in [-0.25, -0.2) is 4.39 Å². The van der Waals surface area contributed by atoms with Crippen LogP contribution in [0.25, 0.3) is 10.9 Å². The molecule has 2 aromatic carbocycles. The molecule has 0 bridgehead atoms. The highest BCUT2D eigenvalue weighted by Gasteiger charge is 2.29. The molecule has 0 unspecified atom stereocenters. The summed E-state index contributed by atoms with van der Waals surface area (Å²) in [5.74, 6) is -0.665. The number of hydrogen-bond acceptors (Lipinski definition) is 4. The van der Waals surface area contributed by atoms with Crippen molar-refractivity contribution in [2.75, 3.05) is 31.5 Å². The van der Waals surface area contributed by atoms with Crippen molar-refractivity contribution in [1.29, 1.82) is 0 Å². The molecule has 178 valence electrons. The van der Waals surface area contributed by atoms with Crippen LogP contribution in [0, 0.1) is 5.82 Å². The van der Waals surface area contributed by atoms with Crippen molar-refractivity contribution in [2.45, 2.75) is 32.9 Å². The smallest absolute Gasteiger partial charge is 0.393 e. The monoisotopic (exact) mass is 464 g/mol. The summed E-state index contributed by atoms with van der Waals surface area (Å²) in [6, 6.07) is 8.58. The minimum Gasteiger partial charge on any atom is -0.494 e. The Kier molecular flexibility index (Phi) is 7.97. The maximum Gasteiger partial charge on any atom is 0.393 e. The minimum absolute atomic E-state index is 0.0918. The normalized spacial score (nSPS) is 12.3. The van der Waals surface area contributed by atoms with Gasteiger partial charge in [0, 0.05) is 29.3 Å². The number of rotatable bonds is 10. The number of halogens is 4. The summed E-state index contributed by atoms with van der Waals surface area (Å²) in [5, 5.41) is 13.7. The summed E-state index contributed by atoms with van der Waals surface area (Å²) in [6.45, 7) is 7.43. The Hall–Kier alpha value is -3.07. The Balaban J connectivity index is 1.80. The summed E-state index contributed by atoms with van der Waals surface area (Å²) in [7, 11) is 0. The first-order chi connectivity index (χ1) is 15.7. The lowest BCUT2D eigenvalue weighted by Gasteiger charge is -2.19. The number of nitrogens with one attached hydrogen (secondary N) is 2. The van der Waals surface area contributed by atoms with Gasteiger partial charge in [-0.1, -0.05) is 13.8 Å². The summed E-state index contributed by atoms with van der Waals surface area (Å²) < 4.78 is 53.1. The van der Waals surface area contributed by atoms with Crippen LogP contribution in [0.1, 0.15) is 31.4 Å². The fourth-order valence-corrected chi connectivity index (χ4v) is 3.70. The van der Waals surface area contributed by atoms with E-state index in [0.717, 1.165) is 26.1 Å². The molecule has 0 saturated carbocycles. The fraction of sp³-hybridized carbons (Fsp3) is 0.375. The number of aromatic amines is 1. The van der Waals surface area contributed by atoms with Crippen LogP contribution >= 0.6 is 0 Å². The third-order valence-electron chi connectivity index (χ3n) is 5.46. The van der Waals surface area contributed by atoms with E-state index < -0.39 is 18.4 Å². The summed E-state index contributed by atoms with van der Waals surface area (Å²) >= 11 is 0. The quantitative estimate of drug-likeness (QED) is 0.196. The van der Waals surface area contributed by atoms with Gasteiger partial charge in [-0.2, -0.15) is 13.2 Å². The molecule has 0 atom stereocenters. The molecule has 0 spiro atoms. The first kappa shape index (κ1) is 24.6. The van der Waals surface area contributed by atoms with Crippen molar-refractivity contribution in [3.8, 4) is 5.88 Å². The molecular formula is C24H28F4N4O. The molecule has 0 amide bonds. The molecule has 9 heteroatoms. The lowest BCUT2D eigenvalue weighted by molar-refractivity contribution is -0.127. The molecule has 0 fully saturated rings. The van der Waals surface area contributed by atoms with E-state index in [2.05, 4.69) is 34.0 Å². The number of aliphatic imine (C=N–C) groups is 1. The van der Waals surface area contributed by atoms with Gasteiger partial charge in [0.15, 0.2) is 5.88 Å². The Morgan fingerprint density at radius 3 is 2.58 bits per heavy atom. The van der Waals surface area contributed by atoms with Crippen LogP contribution in [0.5, 0.6) is 5.88 Å². The molecule has 0 aliphatic rings. The van der Waals surface area contributed by atoms with Crippen LogP contribution in [0.2, 0.25) is 0 Å². The number of nitrogens with zero attached hydrogens (tertiary/aromatic N) is 2. The average molecular weight is 465 g/mol. The molecule has 1 aromatic heterocycles. The maximum absolute atomic E-state index is 13.6. The SMILES string of the molecule is CCN(CC)CCCNc1ccc(N=Cc2c(O)[nH]c3ccc(F)cc23)cc1CC(F)(F)F. The number of aromatic hydroxyl groups is 1. The second-order valence-electron chi connectivity index (χ2n) is 7.78. The predicted molar refractivity (Wildman–Crippen MR) is 124 cm³/mol. The first-order valence-corrected chi connectivity index (χ1v) is 10.9. The van der Waals surface area contributed by atoms with E-state index >= 15 is 0 Å². The summed E-state index contributed by atoms with van der Waals surface area (Å²) in [6.07, 6.45) is -3.33. The molecule has 5 nitrogen and oxygen atoms in total. The van der Waals surface area contributed by atoms with Crippen LogP contribution in [0.3, 0.4) is 0 Å². The maximum atomic E-state index is 13.6. The lowest BCUT2D eigenvalue weighted by atomic mass is 10.1. The molecule has 1 heterocycles. The zero-order valence-electron chi connectivity index (χ0n) is 18.6.